The summed E-state index contributed by atoms with van der Waals surface area (Å²) in [6.07, 6.45) is 5.94. The minimum absolute atomic E-state index is 0.166. The number of aromatic nitrogens is 2. The van der Waals surface area contributed by atoms with Crippen molar-refractivity contribution in [2.24, 2.45) is 0 Å². The Morgan fingerprint density at radius 2 is 1.96 bits per heavy atom. The Balaban J connectivity index is 1.43. The van der Waals surface area contributed by atoms with Crippen LogP contribution in [-0.2, 0) is 4.79 Å². The summed E-state index contributed by atoms with van der Waals surface area (Å²) < 4.78 is 5.61. The van der Waals surface area contributed by atoms with Crippen LogP contribution in [0.4, 0.5) is 0 Å². The Labute approximate surface area is 142 Å². The molecule has 0 radical (unpaired) electrons. The fraction of sp³-hybridized carbons (Fsp3) is 0.421. The highest BCUT2D eigenvalue weighted by molar-refractivity contribution is 5.76. The van der Waals surface area contributed by atoms with E-state index >= 15 is 0 Å². The number of hydrogen-bond donors (Lipinski definition) is 0. The van der Waals surface area contributed by atoms with E-state index in [1.54, 1.807) is 6.20 Å². The SMILES string of the molecule is Cc1cncc(C2CCN(C(=O)CCOc3ccccc3)CC2)n1. The van der Waals surface area contributed by atoms with Gasteiger partial charge in [-0.1, -0.05) is 18.2 Å². The van der Waals surface area contributed by atoms with Gasteiger partial charge < -0.3 is 9.64 Å². The van der Waals surface area contributed by atoms with E-state index in [4.69, 9.17) is 4.74 Å². The van der Waals surface area contributed by atoms with Crippen LogP contribution in [0.25, 0.3) is 0 Å². The highest BCUT2D eigenvalue weighted by Gasteiger charge is 2.24. The first-order valence-electron chi connectivity index (χ1n) is 8.46. The van der Waals surface area contributed by atoms with Crippen LogP contribution < -0.4 is 4.74 Å². The Hall–Kier alpha value is -2.43. The van der Waals surface area contributed by atoms with Crippen LogP contribution in [0, 0.1) is 6.92 Å². The van der Waals surface area contributed by atoms with E-state index < -0.39 is 0 Å². The number of carbonyl (C=O) groups excluding carboxylic acids is 1. The summed E-state index contributed by atoms with van der Waals surface area (Å²) in [6, 6.07) is 9.60. The summed E-state index contributed by atoms with van der Waals surface area (Å²) in [5, 5.41) is 0. The molecular formula is C19H23N3O2. The maximum Gasteiger partial charge on any atom is 0.225 e. The summed E-state index contributed by atoms with van der Waals surface area (Å²) in [5.74, 6) is 1.38. The van der Waals surface area contributed by atoms with Gasteiger partial charge in [0.2, 0.25) is 5.91 Å². The molecule has 1 fully saturated rings. The molecule has 0 N–H and O–H groups in total. The van der Waals surface area contributed by atoms with Crippen molar-refractivity contribution in [2.75, 3.05) is 19.7 Å². The lowest BCUT2D eigenvalue weighted by molar-refractivity contribution is -0.132. The van der Waals surface area contributed by atoms with Crippen LogP contribution in [0.2, 0.25) is 0 Å². The van der Waals surface area contributed by atoms with Crippen molar-refractivity contribution in [2.45, 2.75) is 32.1 Å². The zero-order valence-electron chi connectivity index (χ0n) is 14.0. The van der Waals surface area contributed by atoms with Crippen molar-refractivity contribution < 1.29 is 9.53 Å². The number of nitrogens with zero attached hydrogens (tertiary/aromatic N) is 3. The van der Waals surface area contributed by atoms with Gasteiger partial charge in [-0.2, -0.15) is 0 Å². The minimum atomic E-state index is 0.166. The topological polar surface area (TPSA) is 55.3 Å². The summed E-state index contributed by atoms with van der Waals surface area (Å²) in [4.78, 5) is 23.0. The predicted molar refractivity (Wildman–Crippen MR) is 91.9 cm³/mol. The molecule has 3 rings (SSSR count). The summed E-state index contributed by atoms with van der Waals surface area (Å²) in [5.41, 5.74) is 2.00. The number of rotatable bonds is 5. The molecule has 0 bridgehead atoms. The number of carbonyl (C=O) groups is 1. The normalized spacial score (nSPS) is 15.3. The maximum absolute atomic E-state index is 12.3. The molecule has 126 valence electrons. The second-order valence-corrected chi connectivity index (χ2v) is 6.15. The molecule has 0 aliphatic carbocycles. The van der Waals surface area contributed by atoms with E-state index in [2.05, 4.69) is 9.97 Å². The van der Waals surface area contributed by atoms with Crippen molar-refractivity contribution in [1.29, 1.82) is 0 Å². The lowest BCUT2D eigenvalue weighted by Gasteiger charge is -2.31. The molecule has 0 atom stereocenters. The van der Waals surface area contributed by atoms with Gasteiger partial charge in [-0.25, -0.2) is 0 Å². The molecule has 0 unspecified atom stereocenters. The number of amides is 1. The van der Waals surface area contributed by atoms with Crippen molar-refractivity contribution in [1.82, 2.24) is 14.9 Å². The van der Waals surface area contributed by atoms with E-state index in [0.29, 0.717) is 18.9 Å². The molecule has 0 saturated carbocycles. The Bertz CT molecular complexity index is 667. The Morgan fingerprint density at radius 3 is 2.67 bits per heavy atom. The van der Waals surface area contributed by atoms with Crippen LogP contribution in [0.5, 0.6) is 5.75 Å². The second kappa shape index (κ2) is 7.90. The maximum atomic E-state index is 12.3. The van der Waals surface area contributed by atoms with E-state index in [1.165, 1.54) is 0 Å². The number of benzene rings is 1. The van der Waals surface area contributed by atoms with Gasteiger partial charge in [-0.05, 0) is 31.9 Å². The molecule has 1 aliphatic heterocycles. The lowest BCUT2D eigenvalue weighted by Crippen LogP contribution is -2.38. The molecule has 1 amide bonds. The van der Waals surface area contributed by atoms with E-state index in [0.717, 1.165) is 43.1 Å². The van der Waals surface area contributed by atoms with Crippen LogP contribution in [0.1, 0.15) is 36.6 Å². The van der Waals surface area contributed by atoms with Gasteiger partial charge in [0.1, 0.15) is 5.75 Å². The molecule has 5 nitrogen and oxygen atoms in total. The zero-order chi connectivity index (χ0) is 16.8. The smallest absolute Gasteiger partial charge is 0.225 e. The van der Waals surface area contributed by atoms with Crippen LogP contribution in [0.3, 0.4) is 0 Å². The molecule has 2 aromatic rings. The molecule has 2 heterocycles. The van der Waals surface area contributed by atoms with Gasteiger partial charge in [0, 0.05) is 31.4 Å². The monoisotopic (exact) mass is 325 g/mol. The van der Waals surface area contributed by atoms with Crippen LogP contribution in [0.15, 0.2) is 42.7 Å². The first kappa shape index (κ1) is 16.4. The fourth-order valence-corrected chi connectivity index (χ4v) is 3.04. The Kier molecular flexibility index (Phi) is 5.41. The van der Waals surface area contributed by atoms with Crippen molar-refractivity contribution in [3.63, 3.8) is 0 Å². The van der Waals surface area contributed by atoms with Crippen LogP contribution >= 0.6 is 0 Å². The van der Waals surface area contributed by atoms with Crippen molar-refractivity contribution >= 4 is 5.91 Å². The number of para-hydroxylation sites is 1. The molecule has 1 aromatic carbocycles. The first-order chi connectivity index (χ1) is 11.7. The number of likely N-dealkylation sites (tertiary alicyclic amines) is 1. The van der Waals surface area contributed by atoms with Crippen molar-refractivity contribution in [3.8, 4) is 5.75 Å². The highest BCUT2D eigenvalue weighted by atomic mass is 16.5. The van der Waals surface area contributed by atoms with Crippen molar-refractivity contribution in [3.05, 3.63) is 54.1 Å². The van der Waals surface area contributed by atoms with Gasteiger partial charge in [0.15, 0.2) is 0 Å². The van der Waals surface area contributed by atoms with Crippen LogP contribution in [-0.4, -0.2) is 40.5 Å². The molecule has 0 spiro atoms. The lowest BCUT2D eigenvalue weighted by atomic mass is 9.93. The molecular weight excluding hydrogens is 302 g/mol. The zero-order valence-corrected chi connectivity index (χ0v) is 14.0. The highest BCUT2D eigenvalue weighted by Crippen LogP contribution is 2.26. The van der Waals surface area contributed by atoms with Gasteiger partial charge in [-0.15, -0.1) is 0 Å². The molecule has 1 saturated heterocycles. The largest absolute Gasteiger partial charge is 0.493 e. The minimum Gasteiger partial charge on any atom is -0.493 e. The summed E-state index contributed by atoms with van der Waals surface area (Å²) in [6.45, 7) is 3.95. The standard InChI is InChI=1S/C19H23N3O2/c1-15-13-20-14-18(21-15)16-7-10-22(11-8-16)19(23)9-12-24-17-5-3-2-4-6-17/h2-6,13-14,16H,7-12H2,1H3. The third-order valence-electron chi connectivity index (χ3n) is 4.37. The average Bonchev–Trinajstić information content (AvgIpc) is 2.63. The third-order valence-corrected chi connectivity index (χ3v) is 4.37. The first-order valence-corrected chi connectivity index (χ1v) is 8.46. The van der Waals surface area contributed by atoms with E-state index in [1.807, 2.05) is 48.4 Å². The number of hydrogen-bond acceptors (Lipinski definition) is 4. The molecule has 24 heavy (non-hydrogen) atoms. The van der Waals surface area contributed by atoms with E-state index in [9.17, 15) is 4.79 Å². The number of ether oxygens (including phenoxy) is 1. The summed E-state index contributed by atoms with van der Waals surface area (Å²) >= 11 is 0. The average molecular weight is 325 g/mol. The summed E-state index contributed by atoms with van der Waals surface area (Å²) in [7, 11) is 0. The van der Waals surface area contributed by atoms with Gasteiger partial charge in [0.25, 0.3) is 0 Å². The molecule has 1 aromatic heterocycles. The van der Waals surface area contributed by atoms with Gasteiger partial charge >= 0.3 is 0 Å². The third kappa shape index (κ3) is 4.31. The second-order valence-electron chi connectivity index (χ2n) is 6.15. The number of aryl methyl sites for hydroxylation is 1. The molecule has 1 aliphatic rings. The number of piperidine rings is 1. The van der Waals surface area contributed by atoms with Gasteiger partial charge in [-0.3, -0.25) is 14.8 Å². The Morgan fingerprint density at radius 1 is 1.21 bits per heavy atom. The van der Waals surface area contributed by atoms with Gasteiger partial charge in [0.05, 0.1) is 24.4 Å². The van der Waals surface area contributed by atoms with E-state index in [-0.39, 0.29) is 5.91 Å². The quantitative estimate of drug-likeness (QED) is 0.848. The fourth-order valence-electron chi connectivity index (χ4n) is 3.04. The molecule has 5 heteroatoms. The predicted octanol–water partition coefficient (Wildman–Crippen LogP) is 2.96.